The SMILES string of the molecule is Cc1c(C(=O)NCC(O)CN2CCS(=O)(=O)CC2)c[nH]c1C=C1C(=O)Nc2cccc(-c3c(F)cccc3F)c21. The second-order valence-electron chi connectivity index (χ2n) is 9.89. The van der Waals surface area contributed by atoms with Gasteiger partial charge in [0.1, 0.15) is 11.6 Å². The molecule has 210 valence electrons. The molecule has 2 amide bonds. The molecule has 4 N–H and O–H groups in total. The number of anilines is 1. The number of aliphatic hydroxyl groups is 1. The Morgan fingerprint density at radius 1 is 1.12 bits per heavy atom. The Labute approximate surface area is 229 Å². The van der Waals surface area contributed by atoms with Crippen molar-refractivity contribution < 1.29 is 31.9 Å². The number of nitrogens with zero attached hydrogens (tertiary/aromatic N) is 1. The van der Waals surface area contributed by atoms with E-state index in [4.69, 9.17) is 0 Å². The zero-order valence-corrected chi connectivity index (χ0v) is 22.4. The first-order chi connectivity index (χ1) is 19.0. The molecule has 12 heteroatoms. The Balaban J connectivity index is 1.33. The molecule has 3 heterocycles. The van der Waals surface area contributed by atoms with Crippen molar-refractivity contribution in [1.82, 2.24) is 15.2 Å². The van der Waals surface area contributed by atoms with Gasteiger partial charge < -0.3 is 20.7 Å². The van der Waals surface area contributed by atoms with Crippen molar-refractivity contribution in [3.05, 3.63) is 76.6 Å². The first kappa shape index (κ1) is 27.7. The van der Waals surface area contributed by atoms with Gasteiger partial charge in [-0.25, -0.2) is 17.2 Å². The number of amides is 2. The van der Waals surface area contributed by atoms with Crippen LogP contribution in [-0.2, 0) is 14.6 Å². The summed E-state index contributed by atoms with van der Waals surface area (Å²) >= 11 is 0. The second kappa shape index (κ2) is 11.0. The van der Waals surface area contributed by atoms with Gasteiger partial charge in [-0.3, -0.25) is 14.5 Å². The van der Waals surface area contributed by atoms with Crippen molar-refractivity contribution in [3.63, 3.8) is 0 Å². The van der Waals surface area contributed by atoms with Crippen molar-refractivity contribution in [2.75, 3.05) is 43.0 Å². The van der Waals surface area contributed by atoms with Crippen LogP contribution in [-0.4, -0.2) is 79.0 Å². The third-order valence-electron chi connectivity index (χ3n) is 7.18. The van der Waals surface area contributed by atoms with Crippen molar-refractivity contribution in [3.8, 4) is 11.1 Å². The van der Waals surface area contributed by atoms with Gasteiger partial charge in [-0.1, -0.05) is 18.2 Å². The minimum atomic E-state index is -3.02. The van der Waals surface area contributed by atoms with Gasteiger partial charge in [-0.05, 0) is 42.3 Å². The molecule has 1 aromatic heterocycles. The molecule has 1 saturated heterocycles. The number of halogens is 2. The minimum absolute atomic E-state index is 0.0313. The fraction of sp³-hybridized carbons (Fsp3) is 0.286. The molecular formula is C28H28F2N4O5S. The predicted octanol–water partition coefficient (Wildman–Crippen LogP) is 2.58. The number of fused-ring (bicyclic) bond motifs is 1. The third kappa shape index (κ3) is 5.55. The zero-order chi connectivity index (χ0) is 28.6. The highest BCUT2D eigenvalue weighted by atomic mass is 32.2. The highest BCUT2D eigenvalue weighted by Gasteiger charge is 2.30. The third-order valence-corrected chi connectivity index (χ3v) is 8.79. The van der Waals surface area contributed by atoms with E-state index in [0.717, 1.165) is 12.1 Å². The topological polar surface area (TPSA) is 132 Å². The van der Waals surface area contributed by atoms with Gasteiger partial charge in [0.15, 0.2) is 9.84 Å². The molecule has 1 fully saturated rings. The second-order valence-corrected chi connectivity index (χ2v) is 12.2. The Hall–Kier alpha value is -3.87. The van der Waals surface area contributed by atoms with Gasteiger partial charge in [0, 0.05) is 49.3 Å². The lowest BCUT2D eigenvalue weighted by Crippen LogP contribution is -2.46. The average molecular weight is 571 g/mol. The predicted molar refractivity (Wildman–Crippen MR) is 147 cm³/mol. The van der Waals surface area contributed by atoms with Gasteiger partial charge in [-0.2, -0.15) is 0 Å². The quantitative estimate of drug-likeness (QED) is 0.323. The van der Waals surface area contributed by atoms with Crippen molar-refractivity contribution in [1.29, 1.82) is 0 Å². The van der Waals surface area contributed by atoms with Crippen molar-refractivity contribution in [2.24, 2.45) is 0 Å². The summed E-state index contributed by atoms with van der Waals surface area (Å²) in [6.07, 6.45) is 2.13. The van der Waals surface area contributed by atoms with E-state index in [1.165, 1.54) is 18.3 Å². The smallest absolute Gasteiger partial charge is 0.256 e. The van der Waals surface area contributed by atoms with Crippen LogP contribution < -0.4 is 10.6 Å². The van der Waals surface area contributed by atoms with Crippen LogP contribution in [0.3, 0.4) is 0 Å². The van der Waals surface area contributed by atoms with E-state index >= 15 is 0 Å². The standard InChI is InChI=1S/C28H28F2N4O5S/c1-16-20(27(36)32-13-17(35)15-34-8-10-40(38,39)11-9-34)14-31-24(16)12-19-25-18(4-2-7-23(25)33-28(19)37)26-21(29)5-3-6-22(26)30/h2-7,12,14,17,31,35H,8-11,13,15H2,1H3,(H,32,36)(H,33,37). The number of aromatic amines is 1. The molecule has 0 aliphatic carbocycles. The van der Waals surface area contributed by atoms with E-state index in [0.29, 0.717) is 41.2 Å². The fourth-order valence-electron chi connectivity index (χ4n) is 4.99. The molecule has 5 rings (SSSR count). The van der Waals surface area contributed by atoms with Crippen molar-refractivity contribution in [2.45, 2.75) is 13.0 Å². The molecule has 0 spiro atoms. The molecule has 0 bridgehead atoms. The lowest BCUT2D eigenvalue weighted by atomic mass is 9.93. The molecule has 2 aliphatic rings. The van der Waals surface area contributed by atoms with Crippen LogP contribution in [0.1, 0.15) is 27.2 Å². The first-order valence-corrected chi connectivity index (χ1v) is 14.5. The van der Waals surface area contributed by atoms with Crippen molar-refractivity contribution >= 4 is 39.0 Å². The Morgan fingerprint density at radius 2 is 1.80 bits per heavy atom. The van der Waals surface area contributed by atoms with Crippen LogP contribution in [0.5, 0.6) is 0 Å². The average Bonchev–Trinajstić information content (AvgIpc) is 3.43. The molecule has 2 aromatic carbocycles. The van der Waals surface area contributed by atoms with Crippen LogP contribution >= 0.6 is 0 Å². The lowest BCUT2D eigenvalue weighted by molar-refractivity contribution is -0.110. The Bertz CT molecular complexity index is 1600. The van der Waals surface area contributed by atoms with E-state index in [-0.39, 0.29) is 41.3 Å². The van der Waals surface area contributed by atoms with E-state index in [9.17, 15) is 31.9 Å². The van der Waals surface area contributed by atoms with Crippen LogP contribution in [0.4, 0.5) is 14.5 Å². The monoisotopic (exact) mass is 570 g/mol. The van der Waals surface area contributed by atoms with E-state index in [2.05, 4.69) is 15.6 Å². The highest BCUT2D eigenvalue weighted by molar-refractivity contribution is 7.91. The number of aromatic nitrogens is 1. The van der Waals surface area contributed by atoms with Gasteiger partial charge >= 0.3 is 0 Å². The number of rotatable bonds is 7. The van der Waals surface area contributed by atoms with Gasteiger partial charge in [0.25, 0.3) is 11.8 Å². The number of carbonyl (C=O) groups excluding carboxylic acids is 2. The van der Waals surface area contributed by atoms with Crippen LogP contribution in [0.25, 0.3) is 22.8 Å². The summed E-state index contributed by atoms with van der Waals surface area (Å²) in [5.74, 6) is -2.31. The Morgan fingerprint density at radius 3 is 2.50 bits per heavy atom. The number of benzene rings is 2. The molecule has 3 aromatic rings. The number of hydrogen-bond donors (Lipinski definition) is 4. The van der Waals surface area contributed by atoms with Gasteiger partial charge in [-0.15, -0.1) is 0 Å². The molecule has 0 saturated carbocycles. The van der Waals surface area contributed by atoms with Crippen LogP contribution in [0.2, 0.25) is 0 Å². The lowest BCUT2D eigenvalue weighted by Gasteiger charge is -2.28. The molecule has 40 heavy (non-hydrogen) atoms. The molecule has 2 aliphatic heterocycles. The summed E-state index contributed by atoms with van der Waals surface area (Å²) in [5, 5.41) is 15.8. The first-order valence-electron chi connectivity index (χ1n) is 12.7. The van der Waals surface area contributed by atoms with Crippen LogP contribution in [0, 0.1) is 18.6 Å². The number of H-pyrrole nitrogens is 1. The summed E-state index contributed by atoms with van der Waals surface area (Å²) in [6, 6.07) is 8.37. The number of sulfone groups is 1. The van der Waals surface area contributed by atoms with Gasteiger partial charge in [0.2, 0.25) is 0 Å². The maximum absolute atomic E-state index is 14.6. The van der Waals surface area contributed by atoms with E-state index in [1.54, 1.807) is 25.1 Å². The molecular weight excluding hydrogens is 542 g/mol. The van der Waals surface area contributed by atoms with Crippen LogP contribution in [0.15, 0.2) is 42.6 Å². The molecule has 9 nitrogen and oxygen atoms in total. The summed E-state index contributed by atoms with van der Waals surface area (Å²) < 4.78 is 52.4. The summed E-state index contributed by atoms with van der Waals surface area (Å²) in [6.45, 7) is 2.57. The zero-order valence-electron chi connectivity index (χ0n) is 21.6. The largest absolute Gasteiger partial charge is 0.390 e. The fourth-order valence-corrected chi connectivity index (χ4v) is 6.27. The normalized spacial score (nSPS) is 18.4. The minimum Gasteiger partial charge on any atom is -0.390 e. The Kier molecular flexibility index (Phi) is 7.58. The van der Waals surface area contributed by atoms with Gasteiger partial charge in [0.05, 0.1) is 34.3 Å². The highest BCUT2D eigenvalue weighted by Crippen LogP contribution is 2.42. The molecule has 1 unspecified atom stereocenters. The van der Waals surface area contributed by atoms with E-state index < -0.39 is 39.4 Å². The molecule has 1 atom stereocenters. The number of carbonyl (C=O) groups is 2. The summed E-state index contributed by atoms with van der Waals surface area (Å²) in [4.78, 5) is 30.6. The maximum Gasteiger partial charge on any atom is 0.256 e. The number of nitrogens with one attached hydrogen (secondary N) is 3. The number of β-amino-alcohol motifs (C(OH)–C–C–N with tert-alkyl or cyclic N) is 1. The molecule has 0 radical (unpaired) electrons. The van der Waals surface area contributed by atoms with E-state index in [1.807, 2.05) is 4.90 Å². The number of hydrogen-bond acceptors (Lipinski definition) is 6. The maximum atomic E-state index is 14.6. The summed E-state index contributed by atoms with van der Waals surface area (Å²) in [7, 11) is -3.02. The summed E-state index contributed by atoms with van der Waals surface area (Å²) in [5.41, 5.74) is 2.23. The number of aliphatic hydroxyl groups excluding tert-OH is 1.